The number of rotatable bonds is 4. The van der Waals surface area contributed by atoms with Gasteiger partial charge in [0.15, 0.2) is 0 Å². The van der Waals surface area contributed by atoms with Crippen LogP contribution < -0.4 is 5.32 Å². The van der Waals surface area contributed by atoms with Crippen molar-refractivity contribution >= 4 is 22.9 Å². The molecular formula is C12H13ClN2OS. The van der Waals surface area contributed by atoms with Crippen LogP contribution in [0.3, 0.4) is 0 Å². The molecule has 3 nitrogen and oxygen atoms in total. The number of thiophene rings is 1. The lowest BCUT2D eigenvalue weighted by Gasteiger charge is -1.96. The Morgan fingerprint density at radius 1 is 1.59 bits per heavy atom. The van der Waals surface area contributed by atoms with Crippen molar-refractivity contribution in [3.8, 4) is 10.8 Å². The quantitative estimate of drug-likeness (QED) is 0.920. The second kappa shape index (κ2) is 4.44. The smallest absolute Gasteiger partial charge is 0.238 e. The molecule has 0 unspecified atom stereocenters. The average molecular weight is 269 g/mol. The minimum Gasteiger partial charge on any atom is -0.443 e. The molecule has 1 N–H and O–H groups in total. The fourth-order valence-corrected chi connectivity index (χ4v) is 2.81. The molecule has 2 aromatic heterocycles. The van der Waals surface area contributed by atoms with Gasteiger partial charge in [0.2, 0.25) is 5.89 Å². The Labute approximate surface area is 109 Å². The molecule has 0 saturated heterocycles. The first-order valence-electron chi connectivity index (χ1n) is 5.66. The van der Waals surface area contributed by atoms with Gasteiger partial charge >= 0.3 is 0 Å². The molecule has 2 heterocycles. The lowest BCUT2D eigenvalue weighted by atomic mass is 10.3. The van der Waals surface area contributed by atoms with Crippen LogP contribution in [0.2, 0.25) is 5.02 Å². The molecule has 1 saturated carbocycles. The molecule has 2 aromatic rings. The Kier molecular flexibility index (Phi) is 2.94. The van der Waals surface area contributed by atoms with Crippen molar-refractivity contribution < 1.29 is 4.42 Å². The highest BCUT2D eigenvalue weighted by Crippen LogP contribution is 2.35. The van der Waals surface area contributed by atoms with Crippen LogP contribution in [0.1, 0.15) is 24.1 Å². The second-order valence-electron chi connectivity index (χ2n) is 4.36. The van der Waals surface area contributed by atoms with Crippen LogP contribution in [0.4, 0.5) is 0 Å². The molecule has 90 valence electrons. The third-order valence-corrected chi connectivity index (χ3v) is 4.48. The molecule has 0 aromatic carbocycles. The van der Waals surface area contributed by atoms with Crippen molar-refractivity contribution in [2.75, 3.05) is 0 Å². The summed E-state index contributed by atoms with van der Waals surface area (Å²) in [5, 5.41) is 6.17. The number of hydrogen-bond acceptors (Lipinski definition) is 4. The maximum atomic E-state index is 6.18. The highest BCUT2D eigenvalue weighted by atomic mass is 35.5. The summed E-state index contributed by atoms with van der Waals surface area (Å²) < 4.78 is 5.47. The molecule has 0 spiro atoms. The molecule has 5 heteroatoms. The number of aryl methyl sites for hydroxylation is 1. The zero-order valence-corrected chi connectivity index (χ0v) is 11.1. The van der Waals surface area contributed by atoms with Gasteiger partial charge in [0.05, 0.1) is 10.7 Å². The molecule has 1 aliphatic carbocycles. The topological polar surface area (TPSA) is 38.1 Å². The number of oxazole rings is 1. The molecule has 3 rings (SSSR count). The van der Waals surface area contributed by atoms with Gasteiger partial charge in [-0.3, -0.25) is 0 Å². The van der Waals surface area contributed by atoms with Crippen LogP contribution in [0.5, 0.6) is 0 Å². The summed E-state index contributed by atoms with van der Waals surface area (Å²) in [6.07, 6.45) is 4.26. The summed E-state index contributed by atoms with van der Waals surface area (Å²) in [5.41, 5.74) is 2.01. The van der Waals surface area contributed by atoms with Crippen molar-refractivity contribution in [3.63, 3.8) is 0 Å². The third-order valence-electron chi connectivity index (χ3n) is 2.79. The fraction of sp³-hybridized carbons (Fsp3) is 0.417. The number of halogens is 1. The van der Waals surface area contributed by atoms with Gasteiger partial charge in [0.1, 0.15) is 11.1 Å². The molecule has 1 aliphatic rings. The van der Waals surface area contributed by atoms with E-state index in [1.807, 2.05) is 12.3 Å². The summed E-state index contributed by atoms with van der Waals surface area (Å²) in [7, 11) is 0. The fourth-order valence-electron chi connectivity index (χ4n) is 1.60. The first-order valence-corrected chi connectivity index (χ1v) is 6.91. The predicted molar refractivity (Wildman–Crippen MR) is 69.4 cm³/mol. The van der Waals surface area contributed by atoms with Gasteiger partial charge in [0.25, 0.3) is 0 Å². The lowest BCUT2D eigenvalue weighted by molar-refractivity contribution is 0.571. The zero-order chi connectivity index (χ0) is 11.8. The van der Waals surface area contributed by atoms with Crippen LogP contribution in [-0.4, -0.2) is 11.0 Å². The van der Waals surface area contributed by atoms with E-state index in [1.54, 1.807) is 17.6 Å². The van der Waals surface area contributed by atoms with Crippen LogP contribution in [0.25, 0.3) is 10.8 Å². The monoisotopic (exact) mass is 268 g/mol. The predicted octanol–water partition coefficient (Wildman–Crippen LogP) is 3.62. The van der Waals surface area contributed by atoms with Gasteiger partial charge in [-0.05, 0) is 30.7 Å². The van der Waals surface area contributed by atoms with Gasteiger partial charge in [-0.2, -0.15) is 0 Å². The van der Waals surface area contributed by atoms with E-state index < -0.39 is 0 Å². The molecule has 17 heavy (non-hydrogen) atoms. The molecule has 0 amide bonds. The van der Waals surface area contributed by atoms with Crippen LogP contribution >= 0.6 is 22.9 Å². The Morgan fingerprint density at radius 3 is 3.06 bits per heavy atom. The van der Waals surface area contributed by atoms with E-state index in [1.165, 1.54) is 12.8 Å². The minimum absolute atomic E-state index is 0.626. The Morgan fingerprint density at radius 2 is 2.41 bits per heavy atom. The molecule has 0 atom stereocenters. The van der Waals surface area contributed by atoms with E-state index in [2.05, 4.69) is 10.3 Å². The number of nitrogens with zero attached hydrogens (tertiary/aromatic N) is 1. The number of nitrogens with one attached hydrogen (secondary N) is 1. The molecule has 0 bridgehead atoms. The SMILES string of the molecule is Cc1csc(-c2nc(CNC3CC3)co2)c1Cl. The Hall–Kier alpha value is -0.840. The number of aromatic nitrogens is 1. The normalized spacial score (nSPS) is 15.4. The minimum atomic E-state index is 0.626. The van der Waals surface area contributed by atoms with E-state index in [-0.39, 0.29) is 0 Å². The van der Waals surface area contributed by atoms with E-state index in [4.69, 9.17) is 16.0 Å². The van der Waals surface area contributed by atoms with Crippen molar-refractivity contribution in [2.24, 2.45) is 0 Å². The maximum absolute atomic E-state index is 6.18. The van der Waals surface area contributed by atoms with Gasteiger partial charge in [0, 0.05) is 12.6 Å². The summed E-state index contributed by atoms with van der Waals surface area (Å²) in [4.78, 5) is 5.37. The highest BCUT2D eigenvalue weighted by Gasteiger charge is 2.21. The largest absolute Gasteiger partial charge is 0.443 e. The lowest BCUT2D eigenvalue weighted by Crippen LogP contribution is -2.15. The first kappa shape index (κ1) is 11.3. The Balaban J connectivity index is 1.76. The van der Waals surface area contributed by atoms with Gasteiger partial charge < -0.3 is 9.73 Å². The Bertz CT molecular complexity index is 530. The zero-order valence-electron chi connectivity index (χ0n) is 9.50. The van der Waals surface area contributed by atoms with E-state index in [0.29, 0.717) is 11.9 Å². The van der Waals surface area contributed by atoms with Crippen molar-refractivity contribution in [2.45, 2.75) is 32.4 Å². The molecular weight excluding hydrogens is 256 g/mol. The average Bonchev–Trinajstić information content (AvgIpc) is 2.95. The van der Waals surface area contributed by atoms with Gasteiger partial charge in [-0.15, -0.1) is 11.3 Å². The van der Waals surface area contributed by atoms with Crippen molar-refractivity contribution in [3.05, 3.63) is 27.9 Å². The highest BCUT2D eigenvalue weighted by molar-refractivity contribution is 7.14. The summed E-state index contributed by atoms with van der Waals surface area (Å²) in [5.74, 6) is 0.626. The van der Waals surface area contributed by atoms with Crippen molar-refractivity contribution in [1.29, 1.82) is 0 Å². The van der Waals surface area contributed by atoms with Crippen LogP contribution in [0.15, 0.2) is 16.1 Å². The summed E-state index contributed by atoms with van der Waals surface area (Å²) in [6.45, 7) is 2.76. The van der Waals surface area contributed by atoms with E-state index >= 15 is 0 Å². The van der Waals surface area contributed by atoms with Crippen LogP contribution in [0, 0.1) is 6.92 Å². The second-order valence-corrected chi connectivity index (χ2v) is 5.62. The maximum Gasteiger partial charge on any atom is 0.238 e. The molecule has 0 aliphatic heterocycles. The number of hydrogen-bond donors (Lipinski definition) is 1. The molecule has 1 fully saturated rings. The van der Waals surface area contributed by atoms with Gasteiger partial charge in [-0.25, -0.2) is 4.98 Å². The van der Waals surface area contributed by atoms with Crippen LogP contribution in [-0.2, 0) is 6.54 Å². The summed E-state index contributed by atoms with van der Waals surface area (Å²) in [6, 6.07) is 0.683. The van der Waals surface area contributed by atoms with Crippen molar-refractivity contribution in [1.82, 2.24) is 10.3 Å². The summed E-state index contributed by atoms with van der Waals surface area (Å²) >= 11 is 7.76. The third kappa shape index (κ3) is 2.39. The molecule has 0 radical (unpaired) electrons. The first-order chi connectivity index (χ1) is 8.24. The van der Waals surface area contributed by atoms with E-state index in [0.717, 1.165) is 27.7 Å². The standard InChI is InChI=1S/C12H13ClN2OS/c1-7-6-17-11(10(7)13)12-15-9(5-16-12)4-14-8-2-3-8/h5-6,8,14H,2-4H2,1H3. The van der Waals surface area contributed by atoms with Gasteiger partial charge in [-0.1, -0.05) is 11.6 Å². The van der Waals surface area contributed by atoms with E-state index in [9.17, 15) is 0 Å².